The highest BCUT2D eigenvalue weighted by Gasteiger charge is 2.21. The molecule has 1 aromatic heterocycles. The summed E-state index contributed by atoms with van der Waals surface area (Å²) in [6.45, 7) is 5.22. The van der Waals surface area contributed by atoms with Crippen molar-refractivity contribution in [3.8, 4) is 0 Å². The lowest BCUT2D eigenvalue weighted by Crippen LogP contribution is -2.36. The van der Waals surface area contributed by atoms with E-state index < -0.39 is 0 Å². The van der Waals surface area contributed by atoms with E-state index in [1.807, 2.05) is 49.1 Å². The number of carbonyl (C=O) groups excluding carboxylic acids is 1. The van der Waals surface area contributed by atoms with Gasteiger partial charge in [-0.1, -0.05) is 42.1 Å². The molecule has 4 nitrogen and oxygen atoms in total. The number of benzene rings is 1. The predicted octanol–water partition coefficient (Wildman–Crippen LogP) is 3.01. The molecule has 5 heteroatoms. The molecule has 0 bridgehead atoms. The molecule has 0 saturated heterocycles. The van der Waals surface area contributed by atoms with Gasteiger partial charge in [0.05, 0.1) is 5.25 Å². The second-order valence-corrected chi connectivity index (χ2v) is 5.94. The summed E-state index contributed by atoms with van der Waals surface area (Å²) < 4.78 is 0. The number of carbonyl (C=O) groups is 1. The van der Waals surface area contributed by atoms with E-state index in [-0.39, 0.29) is 11.2 Å². The summed E-state index contributed by atoms with van der Waals surface area (Å²) in [4.78, 5) is 22.7. The first-order valence-corrected chi connectivity index (χ1v) is 7.85. The molecule has 0 aliphatic rings. The van der Waals surface area contributed by atoms with Crippen LogP contribution >= 0.6 is 11.8 Å². The van der Waals surface area contributed by atoms with Crippen molar-refractivity contribution < 1.29 is 4.79 Å². The van der Waals surface area contributed by atoms with Gasteiger partial charge in [0.2, 0.25) is 5.91 Å². The first-order valence-electron chi connectivity index (χ1n) is 6.97. The van der Waals surface area contributed by atoms with Gasteiger partial charge in [-0.2, -0.15) is 0 Å². The highest BCUT2D eigenvalue weighted by atomic mass is 32.2. The Morgan fingerprint density at radius 2 is 1.86 bits per heavy atom. The minimum Gasteiger partial charge on any atom is -0.338 e. The minimum atomic E-state index is -0.198. The van der Waals surface area contributed by atoms with Gasteiger partial charge in [0.15, 0.2) is 5.16 Å². The molecule has 1 aromatic carbocycles. The van der Waals surface area contributed by atoms with Gasteiger partial charge in [-0.25, -0.2) is 9.97 Å². The Balaban J connectivity index is 1.99. The van der Waals surface area contributed by atoms with Gasteiger partial charge in [0.1, 0.15) is 0 Å². The van der Waals surface area contributed by atoms with Crippen molar-refractivity contribution in [1.82, 2.24) is 14.9 Å². The summed E-state index contributed by atoms with van der Waals surface area (Å²) in [6.07, 6.45) is 3.38. The molecule has 0 radical (unpaired) electrons. The van der Waals surface area contributed by atoms with Crippen LogP contribution in [-0.2, 0) is 11.3 Å². The Hall–Kier alpha value is -1.88. The van der Waals surface area contributed by atoms with E-state index in [4.69, 9.17) is 0 Å². The summed E-state index contributed by atoms with van der Waals surface area (Å²) in [7, 11) is 0. The molecule has 2 rings (SSSR count). The third-order valence-electron chi connectivity index (χ3n) is 3.08. The van der Waals surface area contributed by atoms with Crippen molar-refractivity contribution in [1.29, 1.82) is 0 Å². The molecule has 110 valence electrons. The van der Waals surface area contributed by atoms with Crippen molar-refractivity contribution >= 4 is 17.7 Å². The number of aromatic nitrogens is 2. The molecule has 1 amide bonds. The molecule has 21 heavy (non-hydrogen) atoms. The van der Waals surface area contributed by atoms with Crippen molar-refractivity contribution in [3.05, 3.63) is 54.4 Å². The fourth-order valence-electron chi connectivity index (χ4n) is 1.96. The summed E-state index contributed by atoms with van der Waals surface area (Å²) in [6, 6.07) is 11.8. The smallest absolute Gasteiger partial charge is 0.236 e. The Morgan fingerprint density at radius 3 is 2.48 bits per heavy atom. The van der Waals surface area contributed by atoms with Crippen molar-refractivity contribution in [2.45, 2.75) is 30.8 Å². The maximum Gasteiger partial charge on any atom is 0.236 e. The van der Waals surface area contributed by atoms with Gasteiger partial charge in [-0.15, -0.1) is 0 Å². The summed E-state index contributed by atoms with van der Waals surface area (Å²) in [5.41, 5.74) is 1.14. The largest absolute Gasteiger partial charge is 0.338 e. The topological polar surface area (TPSA) is 46.1 Å². The van der Waals surface area contributed by atoms with E-state index in [9.17, 15) is 4.79 Å². The first-order chi connectivity index (χ1) is 10.2. The Morgan fingerprint density at radius 1 is 1.19 bits per heavy atom. The van der Waals surface area contributed by atoms with Crippen LogP contribution in [0.5, 0.6) is 0 Å². The van der Waals surface area contributed by atoms with Crippen molar-refractivity contribution in [2.24, 2.45) is 0 Å². The zero-order chi connectivity index (χ0) is 15.1. The Labute approximate surface area is 129 Å². The molecule has 1 unspecified atom stereocenters. The molecule has 0 spiro atoms. The Kier molecular flexibility index (Phi) is 5.75. The van der Waals surface area contributed by atoms with E-state index in [2.05, 4.69) is 9.97 Å². The molecule has 0 fully saturated rings. The van der Waals surface area contributed by atoms with Crippen LogP contribution in [0.3, 0.4) is 0 Å². The number of hydrogen-bond donors (Lipinski definition) is 0. The summed E-state index contributed by atoms with van der Waals surface area (Å²) >= 11 is 1.39. The standard InChI is InChI=1S/C16H19N3OS/c1-3-19(12-14-8-5-4-6-9-14)15(20)13(2)21-16-17-10-7-11-18-16/h4-11,13H,3,12H2,1-2H3. The Bertz CT molecular complexity index is 562. The number of rotatable bonds is 6. The lowest BCUT2D eigenvalue weighted by atomic mass is 10.2. The molecule has 1 heterocycles. The number of hydrogen-bond acceptors (Lipinski definition) is 4. The molecule has 0 N–H and O–H groups in total. The van der Waals surface area contributed by atoms with Crippen LogP contribution in [-0.4, -0.2) is 32.6 Å². The molecule has 2 aromatic rings. The summed E-state index contributed by atoms with van der Waals surface area (Å²) in [5, 5.41) is 0.435. The highest BCUT2D eigenvalue weighted by Crippen LogP contribution is 2.21. The molecule has 0 aliphatic heterocycles. The van der Waals surface area contributed by atoms with Crippen molar-refractivity contribution in [2.75, 3.05) is 6.54 Å². The average molecular weight is 301 g/mol. The maximum atomic E-state index is 12.5. The van der Waals surface area contributed by atoms with E-state index >= 15 is 0 Å². The molecule has 1 atom stereocenters. The van der Waals surface area contributed by atoms with E-state index in [0.29, 0.717) is 18.2 Å². The maximum absolute atomic E-state index is 12.5. The third-order valence-corrected chi connectivity index (χ3v) is 4.06. The number of thioether (sulfide) groups is 1. The SMILES string of the molecule is CCN(Cc1ccccc1)C(=O)C(C)Sc1ncccn1. The zero-order valence-corrected chi connectivity index (χ0v) is 13.1. The highest BCUT2D eigenvalue weighted by molar-refractivity contribution is 8.00. The lowest BCUT2D eigenvalue weighted by Gasteiger charge is -2.24. The van der Waals surface area contributed by atoms with E-state index in [1.54, 1.807) is 18.5 Å². The monoisotopic (exact) mass is 301 g/mol. The van der Waals surface area contributed by atoms with Crippen LogP contribution in [0.1, 0.15) is 19.4 Å². The fourth-order valence-corrected chi connectivity index (χ4v) is 2.77. The second-order valence-electron chi connectivity index (χ2n) is 4.63. The zero-order valence-electron chi connectivity index (χ0n) is 12.3. The van der Waals surface area contributed by atoms with Gasteiger partial charge in [0.25, 0.3) is 0 Å². The van der Waals surface area contributed by atoms with Crippen LogP contribution in [0.4, 0.5) is 0 Å². The van der Waals surface area contributed by atoms with Gasteiger partial charge in [0, 0.05) is 25.5 Å². The van der Waals surface area contributed by atoms with Gasteiger partial charge >= 0.3 is 0 Å². The number of amides is 1. The van der Waals surface area contributed by atoms with Gasteiger partial charge < -0.3 is 4.90 Å². The first kappa shape index (κ1) is 15.5. The minimum absolute atomic E-state index is 0.110. The molecular formula is C16H19N3OS. The normalized spacial score (nSPS) is 11.9. The van der Waals surface area contributed by atoms with E-state index in [1.165, 1.54) is 11.8 Å². The molecule has 0 saturated carbocycles. The number of nitrogens with zero attached hydrogens (tertiary/aromatic N) is 3. The summed E-state index contributed by atoms with van der Waals surface area (Å²) in [5.74, 6) is 0.110. The lowest BCUT2D eigenvalue weighted by molar-refractivity contribution is -0.130. The fraction of sp³-hybridized carbons (Fsp3) is 0.312. The van der Waals surface area contributed by atoms with Crippen LogP contribution in [0.25, 0.3) is 0 Å². The second kappa shape index (κ2) is 7.78. The quantitative estimate of drug-likeness (QED) is 0.608. The van der Waals surface area contributed by atoms with Crippen molar-refractivity contribution in [3.63, 3.8) is 0 Å². The van der Waals surface area contributed by atoms with Crippen LogP contribution in [0.15, 0.2) is 53.9 Å². The van der Waals surface area contributed by atoms with Gasteiger partial charge in [-0.05, 0) is 25.5 Å². The third kappa shape index (κ3) is 4.56. The van der Waals surface area contributed by atoms with E-state index in [0.717, 1.165) is 5.56 Å². The van der Waals surface area contributed by atoms with Crippen LogP contribution in [0.2, 0.25) is 0 Å². The predicted molar refractivity (Wildman–Crippen MR) is 84.9 cm³/mol. The molecule has 0 aliphatic carbocycles. The van der Waals surface area contributed by atoms with Crippen LogP contribution < -0.4 is 0 Å². The van der Waals surface area contributed by atoms with Crippen LogP contribution in [0, 0.1) is 0 Å². The van der Waals surface area contributed by atoms with Gasteiger partial charge in [-0.3, -0.25) is 4.79 Å². The molecular weight excluding hydrogens is 282 g/mol. The average Bonchev–Trinajstić information content (AvgIpc) is 2.54.